The van der Waals surface area contributed by atoms with E-state index in [-0.39, 0.29) is 16.9 Å². The number of rotatable bonds is 6. The molecule has 0 heterocycles. The van der Waals surface area contributed by atoms with Gasteiger partial charge < -0.3 is 15.2 Å². The smallest absolute Gasteiger partial charge is 0.0669 e. The van der Waals surface area contributed by atoms with E-state index in [2.05, 4.69) is 39.9 Å². The highest BCUT2D eigenvalue weighted by Gasteiger charge is 2.48. The van der Waals surface area contributed by atoms with Crippen LogP contribution >= 0.6 is 0 Å². The number of aliphatic hydroxyl groups is 1. The van der Waals surface area contributed by atoms with Gasteiger partial charge in [-0.05, 0) is 25.2 Å². The topological polar surface area (TPSA) is 41.5 Å². The first-order valence-electron chi connectivity index (χ1n) is 7.20. The SMILES string of the molecule is CCOC1CC(NCC(O)CC(C)(C)C)C1(C)C. The number of nitrogens with one attached hydrogen (secondary N) is 1. The fourth-order valence-electron chi connectivity index (χ4n) is 2.77. The van der Waals surface area contributed by atoms with Crippen molar-refractivity contribution in [3.05, 3.63) is 0 Å². The number of aliphatic hydroxyl groups excluding tert-OH is 1. The van der Waals surface area contributed by atoms with E-state index in [9.17, 15) is 5.11 Å². The molecule has 0 aromatic rings. The average molecular weight is 257 g/mol. The molecule has 0 bridgehead atoms. The monoisotopic (exact) mass is 257 g/mol. The molecule has 1 rings (SSSR count). The standard InChI is InChI=1S/C15H31NO2/c1-7-18-13-8-12(15(13,5)6)16-10-11(17)9-14(2,3)4/h11-13,16-17H,7-10H2,1-6H3. The molecule has 1 saturated carbocycles. The van der Waals surface area contributed by atoms with Crippen LogP contribution in [0.2, 0.25) is 0 Å². The Labute approximate surface area is 112 Å². The average Bonchev–Trinajstić information content (AvgIpc) is 2.19. The fourth-order valence-corrected chi connectivity index (χ4v) is 2.77. The van der Waals surface area contributed by atoms with Crippen LogP contribution in [-0.2, 0) is 4.74 Å². The fraction of sp³-hybridized carbons (Fsp3) is 1.00. The zero-order valence-corrected chi connectivity index (χ0v) is 12.9. The molecule has 3 heteroatoms. The van der Waals surface area contributed by atoms with Crippen LogP contribution in [0.15, 0.2) is 0 Å². The Kier molecular flexibility index (Phi) is 5.22. The van der Waals surface area contributed by atoms with E-state index in [1.54, 1.807) is 0 Å². The third-order valence-corrected chi connectivity index (χ3v) is 3.99. The van der Waals surface area contributed by atoms with Gasteiger partial charge in [-0.25, -0.2) is 0 Å². The predicted octanol–water partition coefficient (Wildman–Crippen LogP) is 2.58. The summed E-state index contributed by atoms with van der Waals surface area (Å²) in [6, 6.07) is 0.462. The van der Waals surface area contributed by atoms with Crippen LogP contribution in [0.3, 0.4) is 0 Å². The lowest BCUT2D eigenvalue weighted by Crippen LogP contribution is -2.61. The quantitative estimate of drug-likeness (QED) is 0.768. The zero-order valence-electron chi connectivity index (χ0n) is 12.9. The summed E-state index contributed by atoms with van der Waals surface area (Å²) in [5.41, 5.74) is 0.363. The molecule has 0 radical (unpaired) electrons. The lowest BCUT2D eigenvalue weighted by molar-refractivity contribution is -0.115. The molecule has 18 heavy (non-hydrogen) atoms. The summed E-state index contributed by atoms with van der Waals surface area (Å²) < 4.78 is 5.71. The third kappa shape index (κ3) is 4.22. The minimum atomic E-state index is -0.257. The second kappa shape index (κ2) is 5.89. The van der Waals surface area contributed by atoms with E-state index < -0.39 is 0 Å². The second-order valence-corrected chi connectivity index (χ2v) is 7.38. The molecule has 0 spiro atoms. The van der Waals surface area contributed by atoms with Crippen molar-refractivity contribution in [2.45, 2.75) is 72.6 Å². The molecule has 0 amide bonds. The van der Waals surface area contributed by atoms with E-state index in [1.165, 1.54) is 0 Å². The molecule has 1 fully saturated rings. The van der Waals surface area contributed by atoms with Crippen LogP contribution in [0.25, 0.3) is 0 Å². The first-order chi connectivity index (χ1) is 8.16. The minimum Gasteiger partial charge on any atom is -0.392 e. The van der Waals surface area contributed by atoms with Gasteiger partial charge in [0.2, 0.25) is 0 Å². The highest BCUT2D eigenvalue weighted by Crippen LogP contribution is 2.42. The van der Waals surface area contributed by atoms with Gasteiger partial charge in [0.15, 0.2) is 0 Å². The van der Waals surface area contributed by atoms with Crippen LogP contribution in [0, 0.1) is 10.8 Å². The molecule has 0 aliphatic heterocycles. The summed E-state index contributed by atoms with van der Waals surface area (Å²) in [4.78, 5) is 0. The van der Waals surface area contributed by atoms with Crippen molar-refractivity contribution in [3.8, 4) is 0 Å². The summed E-state index contributed by atoms with van der Waals surface area (Å²) in [5, 5.41) is 13.5. The van der Waals surface area contributed by atoms with Crippen LogP contribution in [0.5, 0.6) is 0 Å². The molecule has 3 nitrogen and oxygen atoms in total. The summed E-state index contributed by atoms with van der Waals surface area (Å²) >= 11 is 0. The Morgan fingerprint density at radius 2 is 2.00 bits per heavy atom. The van der Waals surface area contributed by atoms with E-state index in [0.717, 1.165) is 19.4 Å². The molecule has 0 aromatic carbocycles. The Morgan fingerprint density at radius 1 is 1.39 bits per heavy atom. The number of ether oxygens (including phenoxy) is 1. The Morgan fingerprint density at radius 3 is 2.44 bits per heavy atom. The van der Waals surface area contributed by atoms with Gasteiger partial charge in [-0.15, -0.1) is 0 Å². The van der Waals surface area contributed by atoms with Gasteiger partial charge in [-0.3, -0.25) is 0 Å². The van der Waals surface area contributed by atoms with Crippen LogP contribution < -0.4 is 5.32 Å². The highest BCUT2D eigenvalue weighted by atomic mass is 16.5. The van der Waals surface area contributed by atoms with Gasteiger partial charge in [0.25, 0.3) is 0 Å². The summed E-state index contributed by atoms with van der Waals surface area (Å²) in [5.74, 6) is 0. The molecule has 2 N–H and O–H groups in total. The largest absolute Gasteiger partial charge is 0.392 e. The molecular weight excluding hydrogens is 226 g/mol. The maximum atomic E-state index is 10.00. The lowest BCUT2D eigenvalue weighted by Gasteiger charge is -2.52. The molecule has 3 unspecified atom stereocenters. The van der Waals surface area contributed by atoms with Crippen molar-refractivity contribution in [2.24, 2.45) is 10.8 Å². The molecule has 3 atom stereocenters. The van der Waals surface area contributed by atoms with Gasteiger partial charge in [0.1, 0.15) is 0 Å². The zero-order chi connectivity index (χ0) is 14.0. The number of hydrogen-bond acceptors (Lipinski definition) is 3. The normalized spacial score (nSPS) is 28.8. The summed E-state index contributed by atoms with van der Waals surface area (Å²) in [6.45, 7) is 14.5. The second-order valence-electron chi connectivity index (χ2n) is 7.38. The molecule has 1 aliphatic rings. The molecule has 0 aromatic heterocycles. The summed E-state index contributed by atoms with van der Waals surface area (Å²) in [6.07, 6.45) is 2.00. The minimum absolute atomic E-state index is 0.178. The van der Waals surface area contributed by atoms with Gasteiger partial charge >= 0.3 is 0 Å². The first kappa shape index (κ1) is 15.9. The van der Waals surface area contributed by atoms with E-state index in [1.807, 2.05) is 6.92 Å². The van der Waals surface area contributed by atoms with E-state index >= 15 is 0 Å². The van der Waals surface area contributed by atoms with Crippen molar-refractivity contribution in [3.63, 3.8) is 0 Å². The van der Waals surface area contributed by atoms with Gasteiger partial charge in [0, 0.05) is 24.6 Å². The Balaban J connectivity index is 2.29. The van der Waals surface area contributed by atoms with Crippen molar-refractivity contribution in [1.29, 1.82) is 0 Å². The third-order valence-electron chi connectivity index (χ3n) is 3.99. The van der Waals surface area contributed by atoms with Crippen molar-refractivity contribution < 1.29 is 9.84 Å². The van der Waals surface area contributed by atoms with Crippen molar-refractivity contribution in [1.82, 2.24) is 5.32 Å². The summed E-state index contributed by atoms with van der Waals surface area (Å²) in [7, 11) is 0. The number of hydrogen-bond donors (Lipinski definition) is 2. The van der Waals surface area contributed by atoms with Crippen LogP contribution in [0.1, 0.15) is 54.4 Å². The molecule has 0 saturated heterocycles. The molecule has 1 aliphatic carbocycles. The maximum Gasteiger partial charge on any atom is 0.0669 e. The van der Waals surface area contributed by atoms with Gasteiger partial charge in [-0.2, -0.15) is 0 Å². The van der Waals surface area contributed by atoms with Gasteiger partial charge in [-0.1, -0.05) is 34.6 Å². The van der Waals surface area contributed by atoms with Crippen molar-refractivity contribution in [2.75, 3.05) is 13.2 Å². The van der Waals surface area contributed by atoms with Crippen molar-refractivity contribution >= 4 is 0 Å². The predicted molar refractivity (Wildman–Crippen MR) is 75.7 cm³/mol. The van der Waals surface area contributed by atoms with Crippen LogP contribution in [-0.4, -0.2) is 36.5 Å². The Bertz CT molecular complexity index is 258. The highest BCUT2D eigenvalue weighted by molar-refractivity contribution is 5.02. The Hall–Kier alpha value is -0.120. The molecule has 108 valence electrons. The maximum absolute atomic E-state index is 10.00. The molecular formula is C15H31NO2. The lowest BCUT2D eigenvalue weighted by atomic mass is 9.64. The van der Waals surface area contributed by atoms with E-state index in [4.69, 9.17) is 4.74 Å². The van der Waals surface area contributed by atoms with Crippen LogP contribution in [0.4, 0.5) is 0 Å². The first-order valence-corrected chi connectivity index (χ1v) is 7.20. The van der Waals surface area contributed by atoms with E-state index in [0.29, 0.717) is 18.7 Å². The van der Waals surface area contributed by atoms with Gasteiger partial charge in [0.05, 0.1) is 12.2 Å².